The summed E-state index contributed by atoms with van der Waals surface area (Å²) in [5, 5.41) is 6.56. The van der Waals surface area contributed by atoms with Crippen molar-refractivity contribution < 1.29 is 9.59 Å². The van der Waals surface area contributed by atoms with Crippen molar-refractivity contribution in [3.8, 4) is 0 Å². The number of piperazine rings is 1. The highest BCUT2D eigenvalue weighted by Crippen LogP contribution is 2.15. The Hall–Kier alpha value is -0.740. The quantitative estimate of drug-likeness (QED) is 0.530. The van der Waals surface area contributed by atoms with Gasteiger partial charge in [-0.1, -0.05) is 20.3 Å². The summed E-state index contributed by atoms with van der Waals surface area (Å²) >= 11 is 0. The second-order valence-electron chi connectivity index (χ2n) is 4.83. The Kier molecular flexibility index (Phi) is 5.09. The van der Waals surface area contributed by atoms with Gasteiger partial charge in [-0.2, -0.15) is 0 Å². The van der Waals surface area contributed by atoms with Crippen LogP contribution in [0.2, 0.25) is 0 Å². The molecule has 0 aliphatic carbocycles. The third-order valence-electron chi connectivity index (χ3n) is 3.33. The lowest BCUT2D eigenvalue weighted by atomic mass is 9.90. The molecule has 4 heteroatoms. The number of aldehydes is 1. The smallest absolute Gasteiger partial charge is 0.213 e. The van der Waals surface area contributed by atoms with Gasteiger partial charge in [-0.15, -0.1) is 0 Å². The average Bonchev–Trinajstić information content (AvgIpc) is 2.30. The second kappa shape index (κ2) is 6.11. The lowest BCUT2D eigenvalue weighted by molar-refractivity contribution is -0.132. The zero-order chi connectivity index (χ0) is 12.1. The molecule has 4 unspecified atom stereocenters. The molecule has 1 fully saturated rings. The average molecular weight is 226 g/mol. The van der Waals surface area contributed by atoms with Crippen LogP contribution in [-0.2, 0) is 9.59 Å². The van der Waals surface area contributed by atoms with E-state index in [-0.39, 0.29) is 23.9 Å². The van der Waals surface area contributed by atoms with E-state index in [9.17, 15) is 9.59 Å². The van der Waals surface area contributed by atoms with E-state index in [0.29, 0.717) is 12.2 Å². The molecule has 0 bridgehead atoms. The third kappa shape index (κ3) is 3.39. The van der Waals surface area contributed by atoms with E-state index in [1.165, 1.54) is 0 Å². The topological polar surface area (TPSA) is 58.2 Å². The molecule has 16 heavy (non-hydrogen) atoms. The minimum atomic E-state index is -0.352. The van der Waals surface area contributed by atoms with E-state index in [4.69, 9.17) is 0 Å². The largest absolute Gasteiger partial charge is 0.310 e. The number of carbonyl (C=O) groups is 2. The summed E-state index contributed by atoms with van der Waals surface area (Å²) in [6.45, 7) is 7.17. The van der Waals surface area contributed by atoms with Crippen LogP contribution in [0.15, 0.2) is 0 Å². The fourth-order valence-corrected chi connectivity index (χ4v) is 2.10. The zero-order valence-electron chi connectivity index (χ0n) is 10.3. The van der Waals surface area contributed by atoms with Crippen molar-refractivity contribution in [3.63, 3.8) is 0 Å². The monoisotopic (exact) mass is 226 g/mol. The first-order chi connectivity index (χ1) is 7.58. The van der Waals surface area contributed by atoms with Gasteiger partial charge in [0.2, 0.25) is 5.78 Å². The second-order valence-corrected chi connectivity index (χ2v) is 4.83. The number of nitrogens with one attached hydrogen (secondary N) is 2. The van der Waals surface area contributed by atoms with Crippen LogP contribution < -0.4 is 10.6 Å². The summed E-state index contributed by atoms with van der Waals surface area (Å²) in [5.41, 5.74) is 0. The van der Waals surface area contributed by atoms with E-state index < -0.39 is 0 Å². The molecule has 1 heterocycles. The molecule has 0 aromatic heterocycles. The van der Waals surface area contributed by atoms with Gasteiger partial charge >= 0.3 is 0 Å². The summed E-state index contributed by atoms with van der Waals surface area (Å²) in [6, 6.07) is -0.0267. The molecular formula is C12H22N2O2. The summed E-state index contributed by atoms with van der Waals surface area (Å²) in [7, 11) is 0. The van der Waals surface area contributed by atoms with Crippen LogP contribution in [-0.4, -0.2) is 36.7 Å². The molecule has 1 saturated heterocycles. The van der Waals surface area contributed by atoms with Crippen molar-refractivity contribution in [1.29, 1.82) is 0 Å². The van der Waals surface area contributed by atoms with Crippen LogP contribution in [0.1, 0.15) is 33.6 Å². The van der Waals surface area contributed by atoms with E-state index in [2.05, 4.69) is 24.5 Å². The van der Waals surface area contributed by atoms with Gasteiger partial charge in [0.15, 0.2) is 6.29 Å². The standard InChI is InChI=1S/C12H22N2O2/c1-4-8(2)5-10-12(11(16)7-15)14-9(3)6-13-10/h7-10,12-14H,4-6H2,1-3H3. The van der Waals surface area contributed by atoms with Gasteiger partial charge in [0, 0.05) is 18.6 Å². The van der Waals surface area contributed by atoms with E-state index >= 15 is 0 Å². The van der Waals surface area contributed by atoms with Gasteiger partial charge in [-0.3, -0.25) is 9.59 Å². The SMILES string of the molecule is CCC(C)CC1NCC(C)NC1C(=O)C=O. The number of rotatable bonds is 5. The van der Waals surface area contributed by atoms with Gasteiger partial charge < -0.3 is 10.6 Å². The Balaban J connectivity index is 2.64. The van der Waals surface area contributed by atoms with Crippen molar-refractivity contribution in [2.45, 2.75) is 51.7 Å². The molecule has 0 spiro atoms. The fourth-order valence-electron chi connectivity index (χ4n) is 2.10. The number of hydrogen-bond donors (Lipinski definition) is 2. The first kappa shape index (κ1) is 13.3. The highest BCUT2D eigenvalue weighted by molar-refractivity contribution is 6.27. The minimum absolute atomic E-state index is 0.0869. The van der Waals surface area contributed by atoms with Gasteiger partial charge in [-0.25, -0.2) is 0 Å². The molecular weight excluding hydrogens is 204 g/mol. The predicted molar refractivity (Wildman–Crippen MR) is 63.3 cm³/mol. The maximum Gasteiger partial charge on any atom is 0.213 e. The van der Waals surface area contributed by atoms with Crippen molar-refractivity contribution in [1.82, 2.24) is 10.6 Å². The maximum absolute atomic E-state index is 11.5. The molecule has 1 aliphatic rings. The molecule has 0 aromatic rings. The number of carbonyl (C=O) groups excluding carboxylic acids is 2. The van der Waals surface area contributed by atoms with Crippen molar-refractivity contribution in [3.05, 3.63) is 0 Å². The zero-order valence-corrected chi connectivity index (χ0v) is 10.3. The van der Waals surface area contributed by atoms with Gasteiger partial charge in [-0.05, 0) is 19.3 Å². The lowest BCUT2D eigenvalue weighted by Crippen LogP contribution is -2.63. The molecule has 92 valence electrons. The van der Waals surface area contributed by atoms with Crippen LogP contribution in [0.5, 0.6) is 0 Å². The van der Waals surface area contributed by atoms with Crippen LogP contribution in [0.25, 0.3) is 0 Å². The summed E-state index contributed by atoms with van der Waals surface area (Å²) in [6.07, 6.45) is 2.46. The molecule has 0 amide bonds. The first-order valence-electron chi connectivity index (χ1n) is 6.06. The van der Waals surface area contributed by atoms with Crippen LogP contribution in [0.3, 0.4) is 0 Å². The van der Waals surface area contributed by atoms with E-state index in [0.717, 1.165) is 19.4 Å². The number of ketones is 1. The lowest BCUT2D eigenvalue weighted by Gasteiger charge is -2.36. The van der Waals surface area contributed by atoms with Crippen molar-refractivity contribution >= 4 is 12.1 Å². The molecule has 0 aromatic carbocycles. The Labute approximate surface area is 97.2 Å². The molecule has 1 aliphatic heterocycles. The normalized spacial score (nSPS) is 32.1. The Morgan fingerprint density at radius 2 is 2.25 bits per heavy atom. The Morgan fingerprint density at radius 1 is 1.56 bits per heavy atom. The third-order valence-corrected chi connectivity index (χ3v) is 3.33. The number of hydrogen-bond acceptors (Lipinski definition) is 4. The maximum atomic E-state index is 11.5. The molecule has 4 nitrogen and oxygen atoms in total. The summed E-state index contributed by atoms with van der Waals surface area (Å²) < 4.78 is 0. The minimum Gasteiger partial charge on any atom is -0.310 e. The Bertz CT molecular complexity index is 255. The van der Waals surface area contributed by atoms with Crippen LogP contribution >= 0.6 is 0 Å². The van der Waals surface area contributed by atoms with Crippen molar-refractivity contribution in [2.75, 3.05) is 6.54 Å². The van der Waals surface area contributed by atoms with Crippen molar-refractivity contribution in [2.24, 2.45) is 5.92 Å². The fraction of sp³-hybridized carbons (Fsp3) is 0.833. The predicted octanol–water partition coefficient (Wildman–Crippen LogP) is 0.509. The van der Waals surface area contributed by atoms with Crippen LogP contribution in [0.4, 0.5) is 0 Å². The molecule has 4 atom stereocenters. The molecule has 2 N–H and O–H groups in total. The highest BCUT2D eigenvalue weighted by atomic mass is 16.2. The van der Waals surface area contributed by atoms with Gasteiger partial charge in [0.1, 0.15) is 0 Å². The molecule has 0 radical (unpaired) electrons. The number of Topliss-reactive ketones (excluding diaryl/α,β-unsaturated/α-hetero) is 1. The van der Waals surface area contributed by atoms with E-state index in [1.54, 1.807) is 0 Å². The summed E-state index contributed by atoms with van der Waals surface area (Å²) in [4.78, 5) is 22.1. The van der Waals surface area contributed by atoms with Gasteiger partial charge in [0.05, 0.1) is 6.04 Å². The Morgan fingerprint density at radius 3 is 2.81 bits per heavy atom. The van der Waals surface area contributed by atoms with E-state index in [1.807, 2.05) is 6.92 Å². The summed E-state index contributed by atoms with van der Waals surface area (Å²) in [5.74, 6) is 0.224. The molecule has 0 saturated carbocycles. The highest BCUT2D eigenvalue weighted by Gasteiger charge is 2.33. The molecule has 1 rings (SSSR count). The first-order valence-corrected chi connectivity index (χ1v) is 6.06. The van der Waals surface area contributed by atoms with Gasteiger partial charge in [0.25, 0.3) is 0 Å². The van der Waals surface area contributed by atoms with Crippen LogP contribution in [0, 0.1) is 5.92 Å².